The van der Waals surface area contributed by atoms with Gasteiger partial charge in [-0.3, -0.25) is 0 Å². The molecule has 0 saturated heterocycles. The normalized spacial score (nSPS) is 21.8. The fourth-order valence-corrected chi connectivity index (χ4v) is 2.40. The summed E-state index contributed by atoms with van der Waals surface area (Å²) in [6.45, 7) is 2.27. The lowest BCUT2D eigenvalue weighted by molar-refractivity contribution is 0.330. The minimum atomic E-state index is 0.592. The van der Waals surface area contributed by atoms with Crippen molar-refractivity contribution in [2.75, 3.05) is 5.33 Å². The van der Waals surface area contributed by atoms with Crippen LogP contribution in [0.4, 0.5) is 0 Å². The molecule has 0 radical (unpaired) electrons. The highest BCUT2D eigenvalue weighted by atomic mass is 79.9. The Labute approximate surface area is 71.8 Å². The zero-order chi connectivity index (χ0) is 7.45. The quantitative estimate of drug-likeness (QED) is 0.486. The Morgan fingerprint density at radius 3 is 2.40 bits per heavy atom. The van der Waals surface area contributed by atoms with Gasteiger partial charge >= 0.3 is 0 Å². The van der Waals surface area contributed by atoms with Gasteiger partial charge in [-0.15, -0.1) is 0 Å². The van der Waals surface area contributed by atoms with E-state index in [0.29, 0.717) is 5.41 Å². The lowest BCUT2D eigenvalue weighted by Gasteiger charge is -2.25. The molecule has 0 amide bonds. The van der Waals surface area contributed by atoms with E-state index in [1.54, 1.807) is 0 Å². The first kappa shape index (κ1) is 8.32. The van der Waals surface area contributed by atoms with E-state index in [0.717, 1.165) is 0 Å². The van der Waals surface area contributed by atoms with Crippen molar-refractivity contribution in [2.45, 2.75) is 32.6 Å². The maximum absolute atomic E-state index is 3.59. The average molecular weight is 203 g/mol. The molecule has 0 bridgehead atoms. The minimum absolute atomic E-state index is 0.592. The average Bonchev–Trinajstić information content (AvgIpc) is 2.39. The molecule has 0 aromatic carbocycles. The van der Waals surface area contributed by atoms with Crippen molar-refractivity contribution in [3.63, 3.8) is 0 Å². The monoisotopic (exact) mass is 202 g/mol. The molecule has 0 atom stereocenters. The topological polar surface area (TPSA) is 0 Å². The second-order valence-corrected chi connectivity index (χ2v) is 3.82. The smallest absolute Gasteiger partial charge is 0.00939 e. The zero-order valence-electron chi connectivity index (χ0n) is 6.57. The first-order valence-electron chi connectivity index (χ1n) is 4.04. The van der Waals surface area contributed by atoms with Gasteiger partial charge in [0.2, 0.25) is 0 Å². The molecular formula is C9H15Br. The van der Waals surface area contributed by atoms with Crippen molar-refractivity contribution in [3.8, 4) is 0 Å². The molecule has 1 aliphatic carbocycles. The van der Waals surface area contributed by atoms with E-state index in [1.165, 1.54) is 31.0 Å². The molecule has 58 valence electrons. The largest absolute Gasteiger partial charge is 0.0922 e. The van der Waals surface area contributed by atoms with E-state index in [9.17, 15) is 0 Å². The SMILES string of the molecule is CCCC1(CBr)CC=CC1. The minimum Gasteiger partial charge on any atom is -0.0922 e. The van der Waals surface area contributed by atoms with Gasteiger partial charge in [0.15, 0.2) is 0 Å². The summed E-state index contributed by atoms with van der Waals surface area (Å²) in [5.41, 5.74) is 0.592. The van der Waals surface area contributed by atoms with Crippen molar-refractivity contribution in [1.82, 2.24) is 0 Å². The summed E-state index contributed by atoms with van der Waals surface area (Å²) in [6, 6.07) is 0. The van der Waals surface area contributed by atoms with E-state index < -0.39 is 0 Å². The second-order valence-electron chi connectivity index (χ2n) is 3.26. The number of allylic oxidation sites excluding steroid dienone is 2. The van der Waals surface area contributed by atoms with Crippen LogP contribution in [0.5, 0.6) is 0 Å². The standard InChI is InChI=1S/C9H15Br/c1-2-5-9(8-10)6-3-4-7-9/h3-4H,2,5-8H2,1H3. The third kappa shape index (κ3) is 1.63. The molecule has 0 N–H and O–H groups in total. The first-order valence-corrected chi connectivity index (χ1v) is 5.16. The van der Waals surface area contributed by atoms with Gasteiger partial charge in [-0.1, -0.05) is 41.4 Å². The van der Waals surface area contributed by atoms with Crippen LogP contribution in [0, 0.1) is 5.41 Å². The van der Waals surface area contributed by atoms with Crippen molar-refractivity contribution in [2.24, 2.45) is 5.41 Å². The molecular weight excluding hydrogens is 188 g/mol. The molecule has 0 spiro atoms. The van der Waals surface area contributed by atoms with Crippen LogP contribution in [0.15, 0.2) is 12.2 Å². The maximum Gasteiger partial charge on any atom is 0.00939 e. The first-order chi connectivity index (χ1) is 4.83. The highest BCUT2D eigenvalue weighted by Crippen LogP contribution is 2.39. The van der Waals surface area contributed by atoms with Gasteiger partial charge in [0, 0.05) is 5.33 Å². The molecule has 0 fully saturated rings. The van der Waals surface area contributed by atoms with Gasteiger partial charge < -0.3 is 0 Å². The molecule has 1 heteroatoms. The van der Waals surface area contributed by atoms with E-state index in [-0.39, 0.29) is 0 Å². The Kier molecular flexibility index (Phi) is 2.96. The molecule has 1 rings (SSSR count). The summed E-state index contributed by atoms with van der Waals surface area (Å²) in [6.07, 6.45) is 9.88. The summed E-state index contributed by atoms with van der Waals surface area (Å²) < 4.78 is 0. The van der Waals surface area contributed by atoms with Crippen molar-refractivity contribution in [3.05, 3.63) is 12.2 Å². The highest BCUT2D eigenvalue weighted by molar-refractivity contribution is 9.09. The molecule has 0 nitrogen and oxygen atoms in total. The molecule has 0 aromatic heterocycles. The van der Waals surface area contributed by atoms with Crippen molar-refractivity contribution in [1.29, 1.82) is 0 Å². The van der Waals surface area contributed by atoms with Gasteiger partial charge in [-0.05, 0) is 24.7 Å². The van der Waals surface area contributed by atoms with Crippen molar-refractivity contribution < 1.29 is 0 Å². The zero-order valence-corrected chi connectivity index (χ0v) is 8.15. The van der Waals surface area contributed by atoms with E-state index in [4.69, 9.17) is 0 Å². The molecule has 0 aliphatic heterocycles. The number of halogens is 1. The molecule has 0 saturated carbocycles. The van der Waals surface area contributed by atoms with Crippen LogP contribution >= 0.6 is 15.9 Å². The highest BCUT2D eigenvalue weighted by Gasteiger charge is 2.28. The lowest BCUT2D eigenvalue weighted by atomic mass is 9.83. The van der Waals surface area contributed by atoms with Crippen LogP contribution in [0.25, 0.3) is 0 Å². The molecule has 0 aromatic rings. The lowest BCUT2D eigenvalue weighted by Crippen LogP contribution is -2.17. The predicted molar refractivity (Wildman–Crippen MR) is 49.5 cm³/mol. The van der Waals surface area contributed by atoms with Crippen LogP contribution in [0.3, 0.4) is 0 Å². The van der Waals surface area contributed by atoms with Crippen LogP contribution in [-0.4, -0.2) is 5.33 Å². The van der Waals surface area contributed by atoms with E-state index >= 15 is 0 Å². The molecule has 0 unspecified atom stereocenters. The third-order valence-corrected chi connectivity index (χ3v) is 3.52. The fourth-order valence-electron chi connectivity index (χ4n) is 1.66. The Morgan fingerprint density at radius 1 is 1.40 bits per heavy atom. The summed E-state index contributed by atoms with van der Waals surface area (Å²) in [5.74, 6) is 0. The number of rotatable bonds is 3. The van der Waals surface area contributed by atoms with Crippen molar-refractivity contribution >= 4 is 15.9 Å². The summed E-state index contributed by atoms with van der Waals surface area (Å²) in [7, 11) is 0. The van der Waals surface area contributed by atoms with Gasteiger partial charge in [0.25, 0.3) is 0 Å². The molecule has 10 heavy (non-hydrogen) atoms. The van der Waals surface area contributed by atoms with Crippen LogP contribution in [0.1, 0.15) is 32.6 Å². The summed E-state index contributed by atoms with van der Waals surface area (Å²) in [5, 5.41) is 1.17. The predicted octanol–water partition coefficient (Wildman–Crippen LogP) is 3.52. The molecule has 0 heterocycles. The summed E-state index contributed by atoms with van der Waals surface area (Å²) >= 11 is 3.59. The van der Waals surface area contributed by atoms with Gasteiger partial charge in [0.1, 0.15) is 0 Å². The van der Waals surface area contributed by atoms with Crippen LogP contribution in [-0.2, 0) is 0 Å². The van der Waals surface area contributed by atoms with Gasteiger partial charge in [0.05, 0.1) is 0 Å². The Hall–Kier alpha value is 0.220. The van der Waals surface area contributed by atoms with Gasteiger partial charge in [-0.25, -0.2) is 0 Å². The number of hydrogen-bond donors (Lipinski definition) is 0. The van der Waals surface area contributed by atoms with Gasteiger partial charge in [-0.2, -0.15) is 0 Å². The van der Waals surface area contributed by atoms with Crippen LogP contribution < -0.4 is 0 Å². The number of hydrogen-bond acceptors (Lipinski definition) is 0. The fraction of sp³-hybridized carbons (Fsp3) is 0.778. The second kappa shape index (κ2) is 3.56. The van der Waals surface area contributed by atoms with Crippen LogP contribution in [0.2, 0.25) is 0 Å². The Bertz CT molecular complexity index is 119. The molecule has 1 aliphatic rings. The third-order valence-electron chi connectivity index (χ3n) is 2.33. The number of alkyl halides is 1. The van der Waals surface area contributed by atoms with E-state index in [2.05, 4.69) is 35.0 Å². The van der Waals surface area contributed by atoms with E-state index in [1.807, 2.05) is 0 Å². The Balaban J connectivity index is 2.44. The Morgan fingerprint density at radius 2 is 2.00 bits per heavy atom. The summed E-state index contributed by atoms with van der Waals surface area (Å²) in [4.78, 5) is 0. The maximum atomic E-state index is 3.59.